The predicted molar refractivity (Wildman–Crippen MR) is 112 cm³/mol. The number of carbonyl (C=O) groups is 2. The molecule has 32 heavy (non-hydrogen) atoms. The smallest absolute Gasteiger partial charge is 0.268 e. The van der Waals surface area contributed by atoms with Gasteiger partial charge in [-0.3, -0.25) is 9.59 Å². The van der Waals surface area contributed by atoms with Gasteiger partial charge in [0.1, 0.15) is 23.4 Å². The number of amides is 2. The number of rotatable bonds is 7. The largest absolute Gasteiger partial charge is 0.384 e. The molecule has 10 heteroatoms. The molecule has 0 unspecified atom stereocenters. The van der Waals surface area contributed by atoms with Crippen LogP contribution in [-0.4, -0.2) is 27.8 Å². The summed E-state index contributed by atoms with van der Waals surface area (Å²) < 4.78 is 41.1. The second-order valence-electron chi connectivity index (χ2n) is 7.41. The molecule has 3 aromatic rings. The molecule has 0 fully saturated rings. The summed E-state index contributed by atoms with van der Waals surface area (Å²) in [4.78, 5) is 32.4. The number of hydrogen-bond acceptors (Lipinski definition) is 4. The molecule has 0 saturated heterocycles. The van der Waals surface area contributed by atoms with Crippen molar-refractivity contribution in [1.29, 1.82) is 0 Å². The highest BCUT2D eigenvalue weighted by atomic mass is 19.2. The molecule has 0 radical (unpaired) electrons. The van der Waals surface area contributed by atoms with Crippen molar-refractivity contribution in [3.63, 3.8) is 0 Å². The Kier molecular flexibility index (Phi) is 6.82. The topological polar surface area (TPSA) is 113 Å². The number of nitrogens with two attached hydrogens (primary N) is 1. The first kappa shape index (κ1) is 22.9. The molecule has 2 amide bonds. The standard InChI is InChI=1S/C22H22F3N5O2/c1-11-5-12(2)29-20(11)22(32)30-18(7-14-6-16(24)17(25)8-15(14)23)21(31)28-10-13-3-4-19(26)27-9-13/h3-6,8-9,18,29H,7,10H2,1-2H3,(H2,26,27)(H,28,31)(H,30,32)/t18-/m0/s1. The molecule has 7 nitrogen and oxygen atoms in total. The summed E-state index contributed by atoms with van der Waals surface area (Å²) in [6.07, 6.45) is 1.09. The number of benzene rings is 1. The highest BCUT2D eigenvalue weighted by molar-refractivity contribution is 5.97. The Hall–Kier alpha value is -3.82. The Balaban J connectivity index is 1.81. The third kappa shape index (κ3) is 5.45. The van der Waals surface area contributed by atoms with E-state index in [-0.39, 0.29) is 24.2 Å². The van der Waals surface area contributed by atoms with Crippen LogP contribution in [0.1, 0.15) is 32.9 Å². The highest BCUT2D eigenvalue weighted by Gasteiger charge is 2.25. The number of anilines is 1. The summed E-state index contributed by atoms with van der Waals surface area (Å²) in [6, 6.07) is 4.80. The number of pyridine rings is 1. The van der Waals surface area contributed by atoms with Gasteiger partial charge in [0, 0.05) is 30.9 Å². The van der Waals surface area contributed by atoms with E-state index >= 15 is 0 Å². The number of aromatic nitrogens is 2. The van der Waals surface area contributed by atoms with Crippen molar-refractivity contribution in [3.05, 3.63) is 82.1 Å². The molecule has 0 bridgehead atoms. The summed E-state index contributed by atoms with van der Waals surface area (Å²) in [5, 5.41) is 5.17. The average Bonchev–Trinajstić information content (AvgIpc) is 3.08. The first-order valence-corrected chi connectivity index (χ1v) is 9.72. The van der Waals surface area contributed by atoms with E-state index in [0.717, 1.165) is 5.69 Å². The fourth-order valence-corrected chi connectivity index (χ4v) is 3.20. The van der Waals surface area contributed by atoms with Crippen molar-refractivity contribution >= 4 is 17.6 Å². The van der Waals surface area contributed by atoms with Crippen LogP contribution in [0.15, 0.2) is 36.5 Å². The van der Waals surface area contributed by atoms with Crippen LogP contribution in [0.2, 0.25) is 0 Å². The summed E-state index contributed by atoms with van der Waals surface area (Å²) in [6.45, 7) is 3.56. The average molecular weight is 445 g/mol. The second-order valence-corrected chi connectivity index (χ2v) is 7.41. The molecule has 1 atom stereocenters. The number of nitrogens with one attached hydrogen (secondary N) is 3. The van der Waals surface area contributed by atoms with Crippen molar-refractivity contribution in [3.8, 4) is 0 Å². The number of nitrogen functional groups attached to an aromatic ring is 1. The lowest BCUT2D eigenvalue weighted by molar-refractivity contribution is -0.123. The number of carbonyl (C=O) groups excluding carboxylic acids is 2. The van der Waals surface area contributed by atoms with Gasteiger partial charge in [0.2, 0.25) is 5.91 Å². The lowest BCUT2D eigenvalue weighted by Gasteiger charge is -2.19. The van der Waals surface area contributed by atoms with Crippen LogP contribution < -0.4 is 16.4 Å². The molecule has 0 saturated carbocycles. The molecule has 3 rings (SSSR count). The maximum absolute atomic E-state index is 14.2. The van der Waals surface area contributed by atoms with E-state index in [1.165, 1.54) is 6.20 Å². The molecule has 0 aliphatic rings. The summed E-state index contributed by atoms with van der Waals surface area (Å²) in [5.74, 6) is -4.53. The van der Waals surface area contributed by atoms with Crippen molar-refractivity contribution in [2.24, 2.45) is 0 Å². The van der Waals surface area contributed by atoms with Crippen LogP contribution in [0.3, 0.4) is 0 Å². The van der Waals surface area contributed by atoms with Gasteiger partial charge in [-0.1, -0.05) is 6.07 Å². The Morgan fingerprint density at radius 2 is 1.81 bits per heavy atom. The summed E-state index contributed by atoms with van der Waals surface area (Å²) in [5.41, 5.74) is 7.58. The first-order chi connectivity index (χ1) is 15.1. The van der Waals surface area contributed by atoms with E-state index in [1.807, 2.05) is 0 Å². The van der Waals surface area contributed by atoms with E-state index in [0.29, 0.717) is 29.1 Å². The van der Waals surface area contributed by atoms with Gasteiger partial charge in [0.05, 0.1) is 0 Å². The van der Waals surface area contributed by atoms with E-state index in [9.17, 15) is 22.8 Å². The second kappa shape index (κ2) is 9.54. The Morgan fingerprint density at radius 3 is 2.44 bits per heavy atom. The molecular formula is C22H22F3N5O2. The maximum Gasteiger partial charge on any atom is 0.268 e. The lowest BCUT2D eigenvalue weighted by atomic mass is 10.0. The van der Waals surface area contributed by atoms with Crippen LogP contribution in [0.25, 0.3) is 0 Å². The van der Waals surface area contributed by atoms with Crippen molar-refractivity contribution in [2.75, 3.05) is 5.73 Å². The minimum absolute atomic E-state index is 0.0688. The van der Waals surface area contributed by atoms with Crippen molar-refractivity contribution in [1.82, 2.24) is 20.6 Å². The fourth-order valence-electron chi connectivity index (χ4n) is 3.20. The number of hydrogen-bond donors (Lipinski definition) is 4. The molecule has 2 heterocycles. The van der Waals surface area contributed by atoms with E-state index in [1.54, 1.807) is 32.0 Å². The maximum atomic E-state index is 14.2. The van der Waals surface area contributed by atoms with Crippen molar-refractivity contribution in [2.45, 2.75) is 32.9 Å². The quantitative estimate of drug-likeness (QED) is 0.419. The third-order valence-corrected chi connectivity index (χ3v) is 4.83. The Bertz CT molecular complexity index is 1150. The highest BCUT2D eigenvalue weighted by Crippen LogP contribution is 2.16. The monoisotopic (exact) mass is 445 g/mol. The fraction of sp³-hybridized carbons (Fsp3) is 0.227. The van der Waals surface area contributed by atoms with Crippen LogP contribution in [-0.2, 0) is 17.8 Å². The van der Waals surface area contributed by atoms with Crippen LogP contribution in [0.5, 0.6) is 0 Å². The van der Waals surface area contributed by atoms with Gasteiger partial charge >= 0.3 is 0 Å². The number of aromatic amines is 1. The zero-order chi connectivity index (χ0) is 23.4. The zero-order valence-electron chi connectivity index (χ0n) is 17.4. The zero-order valence-corrected chi connectivity index (χ0v) is 17.4. The Morgan fingerprint density at radius 1 is 1.09 bits per heavy atom. The van der Waals surface area contributed by atoms with E-state index in [2.05, 4.69) is 20.6 Å². The molecule has 5 N–H and O–H groups in total. The van der Waals surface area contributed by atoms with Crippen LogP contribution in [0, 0.1) is 31.3 Å². The van der Waals surface area contributed by atoms with Gasteiger partial charge in [-0.25, -0.2) is 18.2 Å². The van der Waals surface area contributed by atoms with Gasteiger partial charge in [0.15, 0.2) is 11.6 Å². The van der Waals surface area contributed by atoms with Crippen molar-refractivity contribution < 1.29 is 22.8 Å². The van der Waals surface area contributed by atoms with Gasteiger partial charge < -0.3 is 21.4 Å². The lowest BCUT2D eigenvalue weighted by Crippen LogP contribution is -2.48. The first-order valence-electron chi connectivity index (χ1n) is 9.72. The molecule has 1 aromatic carbocycles. The van der Waals surface area contributed by atoms with Gasteiger partial charge in [0.25, 0.3) is 5.91 Å². The van der Waals surface area contributed by atoms with Gasteiger partial charge in [-0.2, -0.15) is 0 Å². The molecular weight excluding hydrogens is 423 g/mol. The predicted octanol–water partition coefficient (Wildman–Crippen LogP) is 2.68. The minimum atomic E-state index is -1.34. The number of aryl methyl sites for hydroxylation is 2. The van der Waals surface area contributed by atoms with E-state index in [4.69, 9.17) is 5.73 Å². The van der Waals surface area contributed by atoms with Gasteiger partial charge in [-0.05, 0) is 48.7 Å². The SMILES string of the molecule is Cc1cc(C)c(C(=O)N[C@@H](Cc2cc(F)c(F)cc2F)C(=O)NCc2ccc(N)nc2)[nH]1. The van der Waals surface area contributed by atoms with E-state index < -0.39 is 35.3 Å². The summed E-state index contributed by atoms with van der Waals surface area (Å²) in [7, 11) is 0. The normalized spacial score (nSPS) is 11.8. The van der Waals surface area contributed by atoms with Gasteiger partial charge in [-0.15, -0.1) is 0 Å². The van der Waals surface area contributed by atoms with Crippen LogP contribution >= 0.6 is 0 Å². The molecule has 2 aromatic heterocycles. The summed E-state index contributed by atoms with van der Waals surface area (Å²) >= 11 is 0. The molecule has 168 valence electrons. The Labute approximate surface area is 182 Å². The minimum Gasteiger partial charge on any atom is -0.384 e. The molecule has 0 aliphatic carbocycles. The number of H-pyrrole nitrogens is 1. The molecule has 0 aliphatic heterocycles. The third-order valence-electron chi connectivity index (χ3n) is 4.83. The van der Waals surface area contributed by atoms with Crippen LogP contribution in [0.4, 0.5) is 19.0 Å². The number of halogens is 3. The number of nitrogens with zero attached hydrogens (tertiary/aromatic N) is 1. The molecule has 0 spiro atoms.